The van der Waals surface area contributed by atoms with Gasteiger partial charge in [0, 0.05) is 22.9 Å². The number of imide groups is 1. The smallest absolute Gasteiger partial charge is 0.328 e. The van der Waals surface area contributed by atoms with E-state index in [1.807, 2.05) is 0 Å². The summed E-state index contributed by atoms with van der Waals surface area (Å²) in [4.78, 5) is 37.8. The maximum absolute atomic E-state index is 11.7. The van der Waals surface area contributed by atoms with E-state index < -0.39 is 5.97 Å². The fraction of sp³-hybridized carbons (Fsp3) is 0.250. The fourth-order valence-electron chi connectivity index (χ4n) is 1.70. The summed E-state index contributed by atoms with van der Waals surface area (Å²) in [7, 11) is 1.58. The zero-order chi connectivity index (χ0) is 14.0. The Labute approximate surface area is 113 Å². The first-order valence-corrected chi connectivity index (χ1v) is 6.34. The summed E-state index contributed by atoms with van der Waals surface area (Å²) in [5.41, 5.74) is 0. The molecule has 1 aromatic rings. The quantitative estimate of drug-likeness (QED) is 0.665. The third-order valence-corrected chi connectivity index (χ3v) is 3.65. The molecule has 6 nitrogen and oxygen atoms in total. The maximum atomic E-state index is 11.7. The standard InChI is InChI=1S/C12H12N2O4S/c1-13-7-10(15)14(12(13)18)6-9-3-2-8(19-9)4-5-11(16)17/h2-5H,6-7H2,1H3,(H,16,17). The molecule has 1 fully saturated rings. The normalized spacial score (nSPS) is 15.8. The number of nitrogens with zero attached hydrogens (tertiary/aromatic N) is 2. The number of carbonyl (C=O) groups excluding carboxylic acids is 2. The summed E-state index contributed by atoms with van der Waals surface area (Å²) in [5, 5.41) is 8.52. The van der Waals surface area contributed by atoms with E-state index in [2.05, 4.69) is 0 Å². The highest BCUT2D eigenvalue weighted by Crippen LogP contribution is 2.21. The molecular weight excluding hydrogens is 268 g/mol. The van der Waals surface area contributed by atoms with Crippen LogP contribution < -0.4 is 0 Å². The topological polar surface area (TPSA) is 77.9 Å². The Balaban J connectivity index is 2.06. The van der Waals surface area contributed by atoms with Gasteiger partial charge in [0.05, 0.1) is 6.54 Å². The number of carboxylic acid groups (broad SMARTS) is 1. The lowest BCUT2D eigenvalue weighted by atomic mass is 10.4. The number of urea groups is 1. The van der Waals surface area contributed by atoms with E-state index in [1.165, 1.54) is 27.2 Å². The SMILES string of the molecule is CN1CC(=O)N(Cc2ccc(C=CC(=O)O)s2)C1=O. The number of amides is 3. The second kappa shape index (κ2) is 5.23. The van der Waals surface area contributed by atoms with Gasteiger partial charge in [0.15, 0.2) is 0 Å². The fourth-order valence-corrected chi connectivity index (χ4v) is 2.61. The molecule has 1 aliphatic rings. The van der Waals surface area contributed by atoms with E-state index in [9.17, 15) is 14.4 Å². The molecule has 0 unspecified atom stereocenters. The molecule has 0 radical (unpaired) electrons. The Morgan fingerprint density at radius 3 is 2.79 bits per heavy atom. The molecule has 0 bridgehead atoms. The molecule has 19 heavy (non-hydrogen) atoms. The largest absolute Gasteiger partial charge is 0.478 e. The van der Waals surface area contributed by atoms with Crippen LogP contribution in [0.5, 0.6) is 0 Å². The second-order valence-corrected chi connectivity index (χ2v) is 5.29. The number of thiophene rings is 1. The molecule has 2 heterocycles. The molecule has 0 spiro atoms. The van der Waals surface area contributed by atoms with Gasteiger partial charge in [-0.2, -0.15) is 0 Å². The van der Waals surface area contributed by atoms with Crippen molar-refractivity contribution in [3.63, 3.8) is 0 Å². The van der Waals surface area contributed by atoms with Crippen molar-refractivity contribution in [2.24, 2.45) is 0 Å². The van der Waals surface area contributed by atoms with Crippen molar-refractivity contribution in [2.45, 2.75) is 6.54 Å². The van der Waals surface area contributed by atoms with Gasteiger partial charge < -0.3 is 10.0 Å². The van der Waals surface area contributed by atoms with Crippen LogP contribution in [-0.4, -0.2) is 46.4 Å². The van der Waals surface area contributed by atoms with E-state index in [0.717, 1.165) is 15.8 Å². The van der Waals surface area contributed by atoms with E-state index in [0.29, 0.717) is 0 Å². The molecule has 0 aromatic carbocycles. The van der Waals surface area contributed by atoms with Gasteiger partial charge in [-0.05, 0) is 18.2 Å². The van der Waals surface area contributed by atoms with Gasteiger partial charge in [-0.3, -0.25) is 9.69 Å². The van der Waals surface area contributed by atoms with Gasteiger partial charge in [-0.15, -0.1) is 11.3 Å². The lowest BCUT2D eigenvalue weighted by Gasteiger charge is -2.12. The van der Waals surface area contributed by atoms with Crippen LogP contribution in [0.2, 0.25) is 0 Å². The predicted octanol–water partition coefficient (Wildman–Crippen LogP) is 1.24. The predicted molar refractivity (Wildman–Crippen MR) is 69.6 cm³/mol. The van der Waals surface area contributed by atoms with E-state index in [1.54, 1.807) is 19.2 Å². The van der Waals surface area contributed by atoms with Gasteiger partial charge in [0.2, 0.25) is 0 Å². The minimum atomic E-state index is -1.01. The van der Waals surface area contributed by atoms with Gasteiger partial charge in [-0.1, -0.05) is 0 Å². The zero-order valence-electron chi connectivity index (χ0n) is 10.2. The zero-order valence-corrected chi connectivity index (χ0v) is 11.0. The van der Waals surface area contributed by atoms with E-state index in [-0.39, 0.29) is 25.0 Å². The third kappa shape index (κ3) is 3.00. The van der Waals surface area contributed by atoms with Crippen molar-refractivity contribution in [3.05, 3.63) is 28.0 Å². The Kier molecular flexibility index (Phi) is 3.66. The molecule has 100 valence electrons. The van der Waals surface area contributed by atoms with Crippen molar-refractivity contribution in [1.29, 1.82) is 0 Å². The molecule has 0 saturated carbocycles. The van der Waals surface area contributed by atoms with Crippen LogP contribution in [0.25, 0.3) is 6.08 Å². The number of carboxylic acids is 1. The van der Waals surface area contributed by atoms with Gasteiger partial charge in [0.1, 0.15) is 6.54 Å². The Hall–Kier alpha value is -2.15. The van der Waals surface area contributed by atoms with Crippen LogP contribution in [0.1, 0.15) is 9.75 Å². The van der Waals surface area contributed by atoms with Crippen LogP contribution in [0, 0.1) is 0 Å². The molecule has 1 N–H and O–H groups in total. The number of hydrogen-bond donors (Lipinski definition) is 1. The molecule has 2 rings (SSSR count). The summed E-state index contributed by atoms with van der Waals surface area (Å²) in [6, 6.07) is 3.24. The van der Waals surface area contributed by atoms with Crippen LogP contribution in [0.4, 0.5) is 4.79 Å². The number of hydrogen-bond acceptors (Lipinski definition) is 4. The lowest BCUT2D eigenvalue weighted by Crippen LogP contribution is -2.30. The van der Waals surface area contributed by atoms with Crippen LogP contribution in [0.15, 0.2) is 18.2 Å². The Morgan fingerprint density at radius 2 is 2.21 bits per heavy atom. The Bertz CT molecular complexity index is 564. The minimum absolute atomic E-state index is 0.107. The summed E-state index contributed by atoms with van der Waals surface area (Å²) in [6.45, 7) is 0.337. The minimum Gasteiger partial charge on any atom is -0.478 e. The van der Waals surface area contributed by atoms with Crippen LogP contribution >= 0.6 is 11.3 Å². The number of aliphatic carboxylic acids is 1. The first-order valence-electron chi connectivity index (χ1n) is 5.52. The first-order chi connectivity index (χ1) is 8.97. The van der Waals surface area contributed by atoms with Crippen LogP contribution in [-0.2, 0) is 16.1 Å². The molecule has 1 aromatic heterocycles. The molecule has 1 saturated heterocycles. The molecule has 0 aliphatic carbocycles. The molecule has 0 atom stereocenters. The van der Waals surface area contributed by atoms with Gasteiger partial charge >= 0.3 is 12.0 Å². The maximum Gasteiger partial charge on any atom is 0.328 e. The highest BCUT2D eigenvalue weighted by atomic mass is 32.1. The van der Waals surface area contributed by atoms with E-state index in [4.69, 9.17) is 5.11 Å². The summed E-state index contributed by atoms with van der Waals surface area (Å²) in [5.74, 6) is -1.23. The summed E-state index contributed by atoms with van der Waals surface area (Å²) >= 11 is 1.35. The molecule has 1 aliphatic heterocycles. The third-order valence-electron chi connectivity index (χ3n) is 2.62. The number of rotatable bonds is 4. The van der Waals surface area contributed by atoms with Crippen molar-refractivity contribution in [2.75, 3.05) is 13.6 Å². The van der Waals surface area contributed by atoms with Crippen molar-refractivity contribution >= 4 is 35.3 Å². The van der Waals surface area contributed by atoms with Crippen molar-refractivity contribution in [1.82, 2.24) is 9.80 Å². The monoisotopic (exact) mass is 280 g/mol. The highest BCUT2D eigenvalue weighted by Gasteiger charge is 2.33. The highest BCUT2D eigenvalue weighted by molar-refractivity contribution is 7.12. The average Bonchev–Trinajstić information content (AvgIpc) is 2.88. The summed E-state index contributed by atoms with van der Waals surface area (Å²) < 4.78 is 0. The Morgan fingerprint density at radius 1 is 1.47 bits per heavy atom. The van der Waals surface area contributed by atoms with Crippen molar-refractivity contribution < 1.29 is 19.5 Å². The van der Waals surface area contributed by atoms with Gasteiger partial charge in [-0.25, -0.2) is 9.59 Å². The van der Waals surface area contributed by atoms with Crippen molar-refractivity contribution in [3.8, 4) is 0 Å². The van der Waals surface area contributed by atoms with E-state index >= 15 is 0 Å². The first kappa shape index (κ1) is 13.3. The second-order valence-electron chi connectivity index (χ2n) is 4.09. The average molecular weight is 280 g/mol. The van der Waals surface area contributed by atoms with Gasteiger partial charge in [0.25, 0.3) is 5.91 Å². The number of likely N-dealkylation sites (N-methyl/N-ethyl adjacent to an activating group) is 1. The molecular formula is C12H12N2O4S. The van der Waals surface area contributed by atoms with Crippen LogP contribution in [0.3, 0.4) is 0 Å². The lowest BCUT2D eigenvalue weighted by molar-refractivity contribution is -0.131. The molecule has 3 amide bonds. The molecule has 7 heteroatoms. The summed E-state index contributed by atoms with van der Waals surface area (Å²) in [6.07, 6.45) is 2.53. The number of carbonyl (C=O) groups is 3.